The van der Waals surface area contributed by atoms with Gasteiger partial charge in [-0.1, -0.05) is 29.3 Å². The first-order valence-electron chi connectivity index (χ1n) is 11.4. The Bertz CT molecular complexity index is 1320. The lowest BCUT2D eigenvalue weighted by Gasteiger charge is -2.27. The first kappa shape index (κ1) is 26.1. The number of halogens is 1. The minimum atomic E-state index is -1.56. The van der Waals surface area contributed by atoms with Gasteiger partial charge in [0.2, 0.25) is 5.91 Å². The Kier molecular flexibility index (Phi) is 7.35. The molecule has 2 aromatic heterocycles. The van der Waals surface area contributed by atoms with Crippen molar-refractivity contribution in [1.82, 2.24) is 24.2 Å². The molecule has 3 atom stereocenters. The number of aliphatic hydroxyl groups excluding tert-OH is 1. The lowest BCUT2D eigenvalue weighted by molar-refractivity contribution is -0.125. The van der Waals surface area contributed by atoms with Gasteiger partial charge in [-0.05, 0) is 39.8 Å². The lowest BCUT2D eigenvalue weighted by Crippen LogP contribution is -2.47. The van der Waals surface area contributed by atoms with E-state index in [0.29, 0.717) is 21.8 Å². The SMILES string of the molecule is Cc1ccc(S(=O)n2cc(Cl)c3nc(CNC(=O)C4CC(O)CN4C(=O)OC(C)(C)C)cnc32)cc1. The van der Waals surface area contributed by atoms with Crippen LogP contribution in [-0.2, 0) is 27.1 Å². The highest BCUT2D eigenvalue weighted by atomic mass is 35.5. The minimum absolute atomic E-state index is 0.0139. The highest BCUT2D eigenvalue weighted by Gasteiger charge is 2.40. The molecule has 12 heteroatoms. The Morgan fingerprint density at radius 1 is 1.28 bits per heavy atom. The molecule has 0 aliphatic carbocycles. The van der Waals surface area contributed by atoms with E-state index in [1.165, 1.54) is 21.3 Å². The number of aliphatic hydroxyl groups is 1. The van der Waals surface area contributed by atoms with Crippen LogP contribution in [0.15, 0.2) is 41.6 Å². The van der Waals surface area contributed by atoms with E-state index in [1.54, 1.807) is 32.9 Å². The third kappa shape index (κ3) is 5.69. The van der Waals surface area contributed by atoms with E-state index >= 15 is 0 Å². The third-order valence-corrected chi connectivity index (χ3v) is 7.11. The van der Waals surface area contributed by atoms with Gasteiger partial charge in [0.1, 0.15) is 17.2 Å². The Labute approximate surface area is 216 Å². The van der Waals surface area contributed by atoms with Crippen molar-refractivity contribution >= 4 is 45.8 Å². The maximum Gasteiger partial charge on any atom is 0.411 e. The van der Waals surface area contributed by atoms with Gasteiger partial charge in [0.25, 0.3) is 0 Å². The number of benzene rings is 1. The number of fused-ring (bicyclic) bond motifs is 1. The number of nitrogens with zero attached hydrogens (tertiary/aromatic N) is 4. The summed E-state index contributed by atoms with van der Waals surface area (Å²) in [5, 5.41) is 13.1. The number of hydrogen-bond acceptors (Lipinski definition) is 7. The van der Waals surface area contributed by atoms with Gasteiger partial charge in [-0.2, -0.15) is 0 Å². The second kappa shape index (κ2) is 10.2. The van der Waals surface area contributed by atoms with Gasteiger partial charge in [0.05, 0.1) is 41.0 Å². The van der Waals surface area contributed by atoms with Crippen LogP contribution in [0.2, 0.25) is 5.02 Å². The number of aryl methyl sites for hydroxylation is 1. The van der Waals surface area contributed by atoms with Gasteiger partial charge >= 0.3 is 6.09 Å². The number of aromatic nitrogens is 3. The van der Waals surface area contributed by atoms with Gasteiger partial charge in [0, 0.05) is 12.6 Å². The van der Waals surface area contributed by atoms with Crippen LogP contribution in [0.4, 0.5) is 4.79 Å². The zero-order valence-electron chi connectivity index (χ0n) is 20.4. The lowest BCUT2D eigenvalue weighted by atomic mass is 10.2. The van der Waals surface area contributed by atoms with E-state index in [-0.39, 0.29) is 24.5 Å². The van der Waals surface area contributed by atoms with Crippen molar-refractivity contribution in [2.75, 3.05) is 6.54 Å². The molecule has 2 amide bonds. The van der Waals surface area contributed by atoms with Crippen molar-refractivity contribution in [2.24, 2.45) is 0 Å². The Hall–Kier alpha value is -3.02. The zero-order valence-corrected chi connectivity index (χ0v) is 22.0. The molecule has 36 heavy (non-hydrogen) atoms. The standard InChI is InChI=1S/C24H28ClN5O5S/c1-14-5-7-17(8-6-14)36(34)30-13-18(25)20-21(30)26-10-15(28-20)11-27-22(32)19-9-16(31)12-29(19)23(33)35-24(2,3)4/h5-8,10,13,16,19,31H,9,11-12H2,1-4H3,(H,27,32). The van der Waals surface area contributed by atoms with Crippen molar-refractivity contribution in [2.45, 2.75) is 63.3 Å². The summed E-state index contributed by atoms with van der Waals surface area (Å²) in [6, 6.07) is 6.44. The molecule has 0 spiro atoms. The molecule has 192 valence electrons. The number of amides is 2. The molecule has 2 N–H and O–H groups in total. The summed E-state index contributed by atoms with van der Waals surface area (Å²) in [6.45, 7) is 7.19. The molecule has 3 heterocycles. The summed E-state index contributed by atoms with van der Waals surface area (Å²) < 4.78 is 19.9. The number of nitrogens with one attached hydrogen (secondary N) is 1. The van der Waals surface area contributed by atoms with Crippen molar-refractivity contribution in [1.29, 1.82) is 0 Å². The Balaban J connectivity index is 1.47. The Morgan fingerprint density at radius 3 is 2.64 bits per heavy atom. The smallest absolute Gasteiger partial charge is 0.411 e. The number of carbonyl (C=O) groups excluding carboxylic acids is 2. The zero-order chi connectivity index (χ0) is 26.2. The number of likely N-dealkylation sites (tertiary alicyclic amines) is 1. The van der Waals surface area contributed by atoms with E-state index in [2.05, 4.69) is 15.3 Å². The largest absolute Gasteiger partial charge is 0.444 e. The van der Waals surface area contributed by atoms with E-state index in [1.807, 2.05) is 19.1 Å². The molecule has 0 radical (unpaired) electrons. The second-order valence-corrected chi connectivity index (χ2v) is 11.4. The molecule has 1 aliphatic rings. The third-order valence-electron chi connectivity index (χ3n) is 5.52. The van der Waals surface area contributed by atoms with Gasteiger partial charge < -0.3 is 15.2 Å². The highest BCUT2D eigenvalue weighted by molar-refractivity contribution is 7.83. The molecular formula is C24H28ClN5O5S. The molecule has 1 fully saturated rings. The van der Waals surface area contributed by atoms with E-state index in [0.717, 1.165) is 5.56 Å². The summed E-state index contributed by atoms with van der Waals surface area (Å²) in [5.41, 5.74) is 1.47. The normalized spacial score (nSPS) is 18.9. The van der Waals surface area contributed by atoms with Gasteiger partial charge in [0.15, 0.2) is 16.6 Å². The molecule has 4 rings (SSSR count). The quantitative estimate of drug-likeness (QED) is 0.516. The molecule has 1 saturated heterocycles. The van der Waals surface area contributed by atoms with Crippen molar-refractivity contribution in [3.8, 4) is 0 Å². The van der Waals surface area contributed by atoms with Crippen LogP contribution in [0.5, 0.6) is 0 Å². The van der Waals surface area contributed by atoms with Gasteiger partial charge in [-0.25, -0.2) is 22.9 Å². The topological polar surface area (TPSA) is 127 Å². The van der Waals surface area contributed by atoms with E-state index in [9.17, 15) is 18.9 Å². The van der Waals surface area contributed by atoms with Crippen molar-refractivity contribution in [3.63, 3.8) is 0 Å². The summed E-state index contributed by atoms with van der Waals surface area (Å²) >= 11 is 6.36. The maximum atomic E-state index is 13.1. The summed E-state index contributed by atoms with van der Waals surface area (Å²) in [7, 11) is -1.56. The second-order valence-electron chi connectivity index (χ2n) is 9.65. The first-order valence-corrected chi connectivity index (χ1v) is 12.9. The summed E-state index contributed by atoms with van der Waals surface area (Å²) in [6.07, 6.45) is 1.61. The van der Waals surface area contributed by atoms with Crippen LogP contribution in [-0.4, -0.2) is 64.4 Å². The van der Waals surface area contributed by atoms with E-state index < -0.39 is 40.7 Å². The van der Waals surface area contributed by atoms with Crippen LogP contribution in [0.3, 0.4) is 0 Å². The predicted molar refractivity (Wildman–Crippen MR) is 135 cm³/mol. The monoisotopic (exact) mass is 533 g/mol. The number of ether oxygens (including phenoxy) is 1. The van der Waals surface area contributed by atoms with E-state index in [4.69, 9.17) is 16.3 Å². The number of hydrogen-bond donors (Lipinski definition) is 2. The predicted octanol–water partition coefficient (Wildman–Crippen LogP) is 2.95. The molecule has 10 nitrogen and oxygen atoms in total. The maximum absolute atomic E-state index is 13.1. The molecule has 3 unspecified atom stereocenters. The van der Waals surface area contributed by atoms with Crippen LogP contribution in [0.25, 0.3) is 11.2 Å². The molecule has 1 aliphatic heterocycles. The average Bonchev–Trinajstić information content (AvgIpc) is 3.36. The van der Waals surface area contributed by atoms with Gasteiger partial charge in [-0.15, -0.1) is 0 Å². The van der Waals surface area contributed by atoms with Crippen LogP contribution >= 0.6 is 11.6 Å². The summed E-state index contributed by atoms with van der Waals surface area (Å²) in [5.74, 6) is -0.441. The molecule has 1 aromatic carbocycles. The van der Waals surface area contributed by atoms with Crippen LogP contribution in [0, 0.1) is 6.92 Å². The molecule has 0 bridgehead atoms. The molecule has 0 saturated carbocycles. The number of carbonyl (C=O) groups is 2. The number of rotatable bonds is 5. The van der Waals surface area contributed by atoms with Crippen LogP contribution in [0.1, 0.15) is 38.4 Å². The van der Waals surface area contributed by atoms with Crippen molar-refractivity contribution in [3.05, 3.63) is 52.9 Å². The highest BCUT2D eigenvalue weighted by Crippen LogP contribution is 2.26. The first-order chi connectivity index (χ1) is 16.9. The fraction of sp³-hybridized carbons (Fsp3) is 0.417. The van der Waals surface area contributed by atoms with Crippen LogP contribution < -0.4 is 5.32 Å². The Morgan fingerprint density at radius 2 is 1.97 bits per heavy atom. The average molecular weight is 534 g/mol. The number of β-amino-alcohol motifs (C(OH)–C–C–N with tert-alkyl or cyclic N) is 1. The fourth-order valence-electron chi connectivity index (χ4n) is 3.83. The van der Waals surface area contributed by atoms with Crippen molar-refractivity contribution < 1.29 is 23.6 Å². The molecule has 3 aromatic rings. The summed E-state index contributed by atoms with van der Waals surface area (Å²) in [4.78, 5) is 36.1. The van der Waals surface area contributed by atoms with Gasteiger partial charge in [-0.3, -0.25) is 9.69 Å². The minimum Gasteiger partial charge on any atom is -0.444 e. The fourth-order valence-corrected chi connectivity index (χ4v) is 5.20. The molecular weight excluding hydrogens is 506 g/mol.